The van der Waals surface area contributed by atoms with Gasteiger partial charge < -0.3 is 19.8 Å². The summed E-state index contributed by atoms with van der Waals surface area (Å²) in [6.07, 6.45) is 4.60. The molecule has 1 aromatic heterocycles. The fourth-order valence-corrected chi connectivity index (χ4v) is 3.02. The molecule has 0 saturated carbocycles. The van der Waals surface area contributed by atoms with Crippen molar-refractivity contribution in [3.05, 3.63) is 24.2 Å². The Hall–Kier alpha value is -2.02. The van der Waals surface area contributed by atoms with E-state index in [1.54, 1.807) is 34.0 Å². The van der Waals surface area contributed by atoms with Crippen molar-refractivity contribution in [2.45, 2.75) is 64.6 Å². The lowest BCUT2D eigenvalue weighted by Gasteiger charge is -2.33. The van der Waals surface area contributed by atoms with E-state index in [1.807, 2.05) is 12.1 Å². The van der Waals surface area contributed by atoms with Crippen molar-refractivity contribution in [2.75, 3.05) is 19.6 Å². The predicted octanol–water partition coefficient (Wildman–Crippen LogP) is 2.84. The number of likely N-dealkylation sites (tertiary alicyclic amines) is 1. The Morgan fingerprint density at radius 1 is 1.27 bits per heavy atom. The van der Waals surface area contributed by atoms with E-state index in [2.05, 4.69) is 15.5 Å². The lowest BCUT2D eigenvalue weighted by Crippen LogP contribution is -2.48. The zero-order chi connectivity index (χ0) is 19.2. The number of piperidine rings is 1. The highest BCUT2D eigenvalue weighted by Crippen LogP contribution is 2.24. The number of amides is 2. The molecule has 0 bridgehead atoms. The Kier molecular flexibility index (Phi) is 7.08. The van der Waals surface area contributed by atoms with E-state index in [-0.39, 0.29) is 11.9 Å². The largest absolute Gasteiger partial charge is 0.468 e. The molecule has 0 aliphatic carbocycles. The molecule has 0 spiro atoms. The highest BCUT2D eigenvalue weighted by Gasteiger charge is 2.26. The van der Waals surface area contributed by atoms with Crippen molar-refractivity contribution in [1.29, 1.82) is 0 Å². The summed E-state index contributed by atoms with van der Waals surface area (Å²) in [7, 11) is 0. The van der Waals surface area contributed by atoms with Gasteiger partial charge in [0.25, 0.3) is 0 Å². The summed E-state index contributed by atoms with van der Waals surface area (Å²) in [5, 5.41) is 5.49. The smallest absolute Gasteiger partial charge is 0.408 e. The normalized spacial score (nSPS) is 18.0. The summed E-state index contributed by atoms with van der Waals surface area (Å²) in [6, 6.07) is 3.13. The van der Waals surface area contributed by atoms with E-state index in [1.165, 1.54) is 6.42 Å². The molecule has 7 nitrogen and oxygen atoms in total. The first-order valence-electron chi connectivity index (χ1n) is 9.31. The summed E-state index contributed by atoms with van der Waals surface area (Å²) >= 11 is 0. The van der Waals surface area contributed by atoms with Crippen LogP contribution in [-0.2, 0) is 9.53 Å². The second-order valence-corrected chi connectivity index (χ2v) is 7.74. The number of nitrogens with zero attached hydrogens (tertiary/aromatic N) is 1. The molecule has 0 aromatic carbocycles. The summed E-state index contributed by atoms with van der Waals surface area (Å²) in [6.45, 7) is 9.41. The monoisotopic (exact) mass is 365 g/mol. The maximum absolute atomic E-state index is 12.4. The van der Waals surface area contributed by atoms with Gasteiger partial charge in [-0.15, -0.1) is 0 Å². The second kappa shape index (κ2) is 9.07. The van der Waals surface area contributed by atoms with Crippen LogP contribution in [0.15, 0.2) is 22.8 Å². The Bertz CT molecular complexity index is 574. The molecular formula is C19H31N3O4. The maximum atomic E-state index is 12.4. The van der Waals surface area contributed by atoms with Crippen LogP contribution >= 0.6 is 0 Å². The van der Waals surface area contributed by atoms with Gasteiger partial charge in [0, 0.05) is 6.54 Å². The third-order valence-corrected chi connectivity index (χ3v) is 4.30. The summed E-state index contributed by atoms with van der Waals surface area (Å²) in [4.78, 5) is 26.5. The fraction of sp³-hybridized carbons (Fsp3) is 0.684. The van der Waals surface area contributed by atoms with Crippen LogP contribution in [0.2, 0.25) is 0 Å². The van der Waals surface area contributed by atoms with E-state index in [0.717, 1.165) is 31.7 Å². The molecule has 0 radical (unpaired) electrons. The average molecular weight is 365 g/mol. The molecular weight excluding hydrogens is 334 g/mol. The van der Waals surface area contributed by atoms with Gasteiger partial charge in [-0.2, -0.15) is 0 Å². The first-order chi connectivity index (χ1) is 12.3. The van der Waals surface area contributed by atoms with Gasteiger partial charge in [-0.25, -0.2) is 4.79 Å². The van der Waals surface area contributed by atoms with Crippen molar-refractivity contribution < 1.29 is 18.7 Å². The Morgan fingerprint density at radius 2 is 1.96 bits per heavy atom. The third kappa shape index (κ3) is 6.37. The standard InChI is InChI=1S/C19H31N3O4/c1-14(21-18(24)26-19(2,3)4)17(23)20-13-15(16-9-8-12-25-16)22-10-6-5-7-11-22/h8-9,12,14-15H,5-7,10-11,13H2,1-4H3,(H,20,23)(H,21,24)/t14-,15?/m1/s1. The molecule has 1 saturated heterocycles. The van der Waals surface area contributed by atoms with Gasteiger partial charge in [0.2, 0.25) is 5.91 Å². The molecule has 1 aliphatic rings. The van der Waals surface area contributed by atoms with Crippen LogP contribution in [0.5, 0.6) is 0 Å². The molecule has 1 fully saturated rings. The number of furan rings is 1. The topological polar surface area (TPSA) is 83.8 Å². The number of carbonyl (C=O) groups is 2. The molecule has 2 amide bonds. The van der Waals surface area contributed by atoms with Crippen LogP contribution < -0.4 is 10.6 Å². The molecule has 2 N–H and O–H groups in total. The number of hydrogen-bond donors (Lipinski definition) is 2. The predicted molar refractivity (Wildman–Crippen MR) is 98.7 cm³/mol. The summed E-state index contributed by atoms with van der Waals surface area (Å²) in [5.41, 5.74) is -0.598. The number of nitrogens with one attached hydrogen (secondary N) is 2. The van der Waals surface area contributed by atoms with Gasteiger partial charge in [-0.3, -0.25) is 9.69 Å². The van der Waals surface area contributed by atoms with E-state index in [0.29, 0.717) is 6.54 Å². The molecule has 7 heteroatoms. The van der Waals surface area contributed by atoms with Crippen molar-refractivity contribution >= 4 is 12.0 Å². The molecule has 1 aromatic rings. The van der Waals surface area contributed by atoms with Crippen molar-refractivity contribution in [1.82, 2.24) is 15.5 Å². The summed E-state index contributed by atoms with van der Waals surface area (Å²) < 4.78 is 10.8. The number of alkyl carbamates (subject to hydrolysis) is 1. The number of carbonyl (C=O) groups excluding carboxylic acids is 2. The molecule has 2 rings (SSSR count). The van der Waals surface area contributed by atoms with E-state index in [9.17, 15) is 9.59 Å². The zero-order valence-corrected chi connectivity index (χ0v) is 16.2. The van der Waals surface area contributed by atoms with Gasteiger partial charge in [-0.1, -0.05) is 6.42 Å². The molecule has 2 heterocycles. The summed E-state index contributed by atoms with van der Waals surface area (Å²) in [5.74, 6) is 0.601. The lowest BCUT2D eigenvalue weighted by atomic mass is 10.1. The third-order valence-electron chi connectivity index (χ3n) is 4.30. The van der Waals surface area contributed by atoms with Crippen molar-refractivity contribution in [3.8, 4) is 0 Å². The number of rotatable bonds is 6. The van der Waals surface area contributed by atoms with Crippen LogP contribution in [0, 0.1) is 0 Å². The Morgan fingerprint density at radius 3 is 2.54 bits per heavy atom. The SMILES string of the molecule is C[C@@H](NC(=O)OC(C)(C)C)C(=O)NCC(c1ccco1)N1CCCCC1. The highest BCUT2D eigenvalue weighted by atomic mass is 16.6. The molecule has 1 unspecified atom stereocenters. The van der Waals surface area contributed by atoms with Crippen LogP contribution in [0.25, 0.3) is 0 Å². The van der Waals surface area contributed by atoms with Crippen molar-refractivity contribution in [3.63, 3.8) is 0 Å². The quantitative estimate of drug-likeness (QED) is 0.810. The first kappa shape index (κ1) is 20.3. The zero-order valence-electron chi connectivity index (χ0n) is 16.2. The fourth-order valence-electron chi connectivity index (χ4n) is 3.02. The van der Waals surface area contributed by atoms with Gasteiger partial charge in [0.05, 0.1) is 12.3 Å². The second-order valence-electron chi connectivity index (χ2n) is 7.74. The van der Waals surface area contributed by atoms with Crippen LogP contribution in [0.4, 0.5) is 4.79 Å². The first-order valence-corrected chi connectivity index (χ1v) is 9.31. The Labute approximate surface area is 155 Å². The van der Waals surface area contributed by atoms with Gasteiger partial charge in [-0.05, 0) is 65.8 Å². The molecule has 26 heavy (non-hydrogen) atoms. The Balaban J connectivity index is 1.88. The minimum Gasteiger partial charge on any atom is -0.468 e. The average Bonchev–Trinajstić information content (AvgIpc) is 3.08. The van der Waals surface area contributed by atoms with Crippen LogP contribution in [0.3, 0.4) is 0 Å². The highest BCUT2D eigenvalue weighted by molar-refractivity contribution is 5.85. The van der Waals surface area contributed by atoms with E-state index >= 15 is 0 Å². The molecule has 2 atom stereocenters. The molecule has 1 aliphatic heterocycles. The van der Waals surface area contributed by atoms with Gasteiger partial charge in [0.15, 0.2) is 0 Å². The lowest BCUT2D eigenvalue weighted by molar-refractivity contribution is -0.123. The van der Waals surface area contributed by atoms with Crippen LogP contribution in [-0.4, -0.2) is 48.2 Å². The van der Waals surface area contributed by atoms with Gasteiger partial charge >= 0.3 is 6.09 Å². The van der Waals surface area contributed by atoms with E-state index in [4.69, 9.17) is 9.15 Å². The van der Waals surface area contributed by atoms with Gasteiger partial charge in [0.1, 0.15) is 17.4 Å². The van der Waals surface area contributed by atoms with E-state index < -0.39 is 17.7 Å². The molecule has 146 valence electrons. The number of ether oxygens (including phenoxy) is 1. The minimum atomic E-state index is -0.677. The number of hydrogen-bond acceptors (Lipinski definition) is 5. The van der Waals surface area contributed by atoms with Crippen LogP contribution in [0.1, 0.15) is 58.8 Å². The maximum Gasteiger partial charge on any atom is 0.408 e. The minimum absolute atomic E-state index is 0.00276. The van der Waals surface area contributed by atoms with Crippen molar-refractivity contribution in [2.24, 2.45) is 0 Å².